The number of halogens is 1. The lowest BCUT2D eigenvalue weighted by Crippen LogP contribution is -2.40. The Morgan fingerprint density at radius 1 is 1.14 bits per heavy atom. The van der Waals surface area contributed by atoms with Crippen LogP contribution in [0.2, 0.25) is 0 Å². The number of thiazole rings is 1. The van der Waals surface area contributed by atoms with Crippen LogP contribution in [0.15, 0.2) is 68.0 Å². The molecule has 0 saturated heterocycles. The van der Waals surface area contributed by atoms with Crippen molar-refractivity contribution in [1.29, 1.82) is 0 Å². The standard InChI is InChI=1S/C28H29BrN2O5S/c1-5-8-21-24(27(33)36-7-3)25(20-16-18(29)11-14-22(20)34-4)31-26(32)23(37-28(31)30-21)15-17-9-12-19(13-10-17)35-6-2/h9-16,25H,5-8H2,1-4H3/b23-15+/t25-/m0/s1. The second kappa shape index (κ2) is 11.9. The van der Waals surface area contributed by atoms with Crippen LogP contribution in [-0.2, 0) is 9.53 Å². The summed E-state index contributed by atoms with van der Waals surface area (Å²) in [5.41, 5.74) is 2.30. The number of esters is 1. The quantitative estimate of drug-likeness (QED) is 0.339. The molecule has 3 aromatic rings. The Labute approximate surface area is 227 Å². The number of aromatic nitrogens is 1. The van der Waals surface area contributed by atoms with Crippen LogP contribution in [0.1, 0.15) is 50.8 Å². The van der Waals surface area contributed by atoms with Crippen LogP contribution < -0.4 is 24.4 Å². The fourth-order valence-electron chi connectivity index (χ4n) is 4.31. The van der Waals surface area contributed by atoms with Crippen molar-refractivity contribution in [2.75, 3.05) is 20.3 Å². The van der Waals surface area contributed by atoms with Gasteiger partial charge in [0.1, 0.15) is 17.5 Å². The van der Waals surface area contributed by atoms with E-state index in [9.17, 15) is 9.59 Å². The van der Waals surface area contributed by atoms with E-state index in [-0.39, 0.29) is 12.2 Å². The smallest absolute Gasteiger partial charge is 0.338 e. The van der Waals surface area contributed by atoms with Gasteiger partial charge in [-0.05, 0) is 62.2 Å². The average molecular weight is 586 g/mol. The summed E-state index contributed by atoms with van der Waals surface area (Å²) >= 11 is 4.84. The highest BCUT2D eigenvalue weighted by molar-refractivity contribution is 9.10. The van der Waals surface area contributed by atoms with Crippen molar-refractivity contribution < 1.29 is 19.0 Å². The van der Waals surface area contributed by atoms with Crippen molar-refractivity contribution >= 4 is 39.3 Å². The van der Waals surface area contributed by atoms with E-state index < -0.39 is 12.0 Å². The first-order chi connectivity index (χ1) is 17.9. The summed E-state index contributed by atoms with van der Waals surface area (Å²) in [7, 11) is 1.57. The summed E-state index contributed by atoms with van der Waals surface area (Å²) < 4.78 is 19.6. The lowest BCUT2D eigenvalue weighted by Gasteiger charge is -2.27. The predicted octanol–water partition coefficient (Wildman–Crippen LogP) is 4.75. The summed E-state index contributed by atoms with van der Waals surface area (Å²) in [5, 5.41) is 0. The highest BCUT2D eigenvalue weighted by atomic mass is 79.9. The summed E-state index contributed by atoms with van der Waals surface area (Å²) in [5.74, 6) is 0.850. The molecule has 1 atom stereocenters. The van der Waals surface area contributed by atoms with Gasteiger partial charge in [-0.2, -0.15) is 0 Å². The molecule has 0 saturated carbocycles. The van der Waals surface area contributed by atoms with Gasteiger partial charge in [-0.15, -0.1) is 0 Å². The minimum Gasteiger partial charge on any atom is -0.496 e. The molecule has 0 amide bonds. The second-order valence-corrected chi connectivity index (χ2v) is 10.2. The number of fused-ring (bicyclic) bond motifs is 1. The summed E-state index contributed by atoms with van der Waals surface area (Å²) in [6.45, 7) is 6.52. The first-order valence-corrected chi connectivity index (χ1v) is 13.8. The van der Waals surface area contributed by atoms with E-state index in [0.717, 1.165) is 22.2 Å². The summed E-state index contributed by atoms with van der Waals surface area (Å²) in [6.07, 6.45) is 3.19. The third kappa shape index (κ3) is 5.57. The van der Waals surface area contributed by atoms with Gasteiger partial charge in [-0.3, -0.25) is 9.36 Å². The molecule has 194 valence electrons. The molecule has 0 unspecified atom stereocenters. The van der Waals surface area contributed by atoms with E-state index in [1.54, 1.807) is 18.6 Å². The molecule has 2 heterocycles. The Morgan fingerprint density at radius 3 is 2.54 bits per heavy atom. The van der Waals surface area contributed by atoms with Crippen molar-refractivity contribution in [3.8, 4) is 11.5 Å². The van der Waals surface area contributed by atoms with Gasteiger partial charge in [0.25, 0.3) is 5.56 Å². The molecule has 9 heteroatoms. The van der Waals surface area contributed by atoms with E-state index in [1.807, 2.05) is 62.4 Å². The molecule has 7 nitrogen and oxygen atoms in total. The molecule has 1 aromatic heterocycles. The molecular weight excluding hydrogens is 556 g/mol. The molecule has 0 radical (unpaired) electrons. The van der Waals surface area contributed by atoms with Crippen molar-refractivity contribution in [1.82, 2.24) is 4.57 Å². The third-order valence-electron chi connectivity index (χ3n) is 5.87. The molecule has 0 aliphatic carbocycles. The Balaban J connectivity index is 1.98. The van der Waals surface area contributed by atoms with Gasteiger partial charge in [0, 0.05) is 10.0 Å². The summed E-state index contributed by atoms with van der Waals surface area (Å²) in [4.78, 5) is 32.5. The van der Waals surface area contributed by atoms with Crippen LogP contribution in [0.4, 0.5) is 0 Å². The van der Waals surface area contributed by atoms with Crippen LogP contribution in [0, 0.1) is 0 Å². The van der Waals surface area contributed by atoms with Gasteiger partial charge in [-0.1, -0.05) is 52.7 Å². The number of carbonyl (C=O) groups excluding carboxylic acids is 1. The van der Waals surface area contributed by atoms with Crippen LogP contribution in [0.25, 0.3) is 6.08 Å². The van der Waals surface area contributed by atoms with Gasteiger partial charge >= 0.3 is 5.97 Å². The lowest BCUT2D eigenvalue weighted by atomic mass is 9.93. The van der Waals surface area contributed by atoms with Gasteiger partial charge in [0.2, 0.25) is 0 Å². The van der Waals surface area contributed by atoms with Gasteiger partial charge in [-0.25, -0.2) is 9.79 Å². The fourth-order valence-corrected chi connectivity index (χ4v) is 5.71. The molecule has 1 aliphatic rings. The zero-order valence-corrected chi connectivity index (χ0v) is 23.6. The summed E-state index contributed by atoms with van der Waals surface area (Å²) in [6, 6.07) is 12.4. The number of ether oxygens (including phenoxy) is 3. The lowest BCUT2D eigenvalue weighted by molar-refractivity contribution is -0.139. The number of rotatable bonds is 9. The molecule has 4 rings (SSSR count). The van der Waals surface area contributed by atoms with Crippen LogP contribution >= 0.6 is 27.3 Å². The topological polar surface area (TPSA) is 79.1 Å². The second-order valence-electron chi connectivity index (χ2n) is 8.30. The van der Waals surface area contributed by atoms with Crippen LogP contribution in [0.5, 0.6) is 11.5 Å². The number of carbonyl (C=O) groups is 1. The fraction of sp³-hybridized carbons (Fsp3) is 0.321. The molecule has 2 aromatic carbocycles. The number of nitrogens with zero attached hydrogens (tertiary/aromatic N) is 2. The monoisotopic (exact) mass is 584 g/mol. The third-order valence-corrected chi connectivity index (χ3v) is 7.34. The minimum absolute atomic E-state index is 0.215. The number of benzene rings is 2. The molecule has 37 heavy (non-hydrogen) atoms. The Bertz CT molecular complexity index is 1500. The number of hydrogen-bond donors (Lipinski definition) is 0. The maximum Gasteiger partial charge on any atom is 0.338 e. The van der Waals surface area contributed by atoms with Crippen LogP contribution in [-0.4, -0.2) is 30.9 Å². The Kier molecular flexibility index (Phi) is 8.66. The van der Waals surface area contributed by atoms with E-state index >= 15 is 0 Å². The highest BCUT2D eigenvalue weighted by Crippen LogP contribution is 2.38. The average Bonchev–Trinajstić information content (AvgIpc) is 3.19. The number of allylic oxidation sites excluding steroid dienone is 1. The SMILES string of the molecule is CCCC1=C(C(=O)OCC)[C@H](c2cc(Br)ccc2OC)n2c(s/c(=C/c3ccc(OCC)cc3)c2=O)=N1. The zero-order chi connectivity index (χ0) is 26.5. The van der Waals surface area contributed by atoms with E-state index in [2.05, 4.69) is 15.9 Å². The molecule has 1 aliphatic heterocycles. The molecule has 0 fully saturated rings. The van der Waals surface area contributed by atoms with Crippen LogP contribution in [0.3, 0.4) is 0 Å². The van der Waals surface area contributed by atoms with Gasteiger partial charge in [0.15, 0.2) is 4.80 Å². The zero-order valence-electron chi connectivity index (χ0n) is 21.2. The molecule has 0 bridgehead atoms. The number of methoxy groups -OCH3 is 1. The van der Waals surface area contributed by atoms with Crippen molar-refractivity contribution in [3.05, 3.63) is 89.0 Å². The molecular formula is C28H29BrN2O5S. The first kappa shape index (κ1) is 26.9. The van der Waals surface area contributed by atoms with Crippen molar-refractivity contribution in [2.45, 2.75) is 39.7 Å². The minimum atomic E-state index is -0.744. The Morgan fingerprint density at radius 2 is 1.89 bits per heavy atom. The van der Waals surface area contributed by atoms with E-state index in [0.29, 0.717) is 44.9 Å². The normalized spacial score (nSPS) is 15.3. The van der Waals surface area contributed by atoms with E-state index in [1.165, 1.54) is 11.3 Å². The number of hydrogen-bond acceptors (Lipinski definition) is 7. The molecule has 0 N–H and O–H groups in total. The van der Waals surface area contributed by atoms with Crippen molar-refractivity contribution in [3.63, 3.8) is 0 Å². The highest BCUT2D eigenvalue weighted by Gasteiger charge is 2.36. The predicted molar refractivity (Wildman–Crippen MR) is 148 cm³/mol. The first-order valence-electron chi connectivity index (χ1n) is 12.2. The van der Waals surface area contributed by atoms with Crippen molar-refractivity contribution in [2.24, 2.45) is 4.99 Å². The van der Waals surface area contributed by atoms with E-state index in [4.69, 9.17) is 19.2 Å². The molecule has 0 spiro atoms. The maximum atomic E-state index is 13.9. The largest absolute Gasteiger partial charge is 0.496 e. The maximum absolute atomic E-state index is 13.9. The van der Waals surface area contributed by atoms with Gasteiger partial charge in [0.05, 0.1) is 36.1 Å². The van der Waals surface area contributed by atoms with Gasteiger partial charge < -0.3 is 14.2 Å². The Hall–Kier alpha value is -3.17.